The molecule has 0 aromatic carbocycles. The van der Waals surface area contributed by atoms with E-state index in [1.807, 2.05) is 18.4 Å². The van der Waals surface area contributed by atoms with Gasteiger partial charge < -0.3 is 5.32 Å². The molecule has 2 aromatic heterocycles. The third-order valence-corrected chi connectivity index (χ3v) is 5.55. The van der Waals surface area contributed by atoms with Crippen molar-refractivity contribution in [3.8, 4) is 10.6 Å². The fraction of sp³-hybridized carbons (Fsp3) is 0.571. The van der Waals surface area contributed by atoms with Crippen molar-refractivity contribution in [2.24, 2.45) is 0 Å². The number of nitrogens with zero attached hydrogens (tertiary/aromatic N) is 3. The summed E-state index contributed by atoms with van der Waals surface area (Å²) >= 11 is 3.46. The van der Waals surface area contributed by atoms with Crippen LogP contribution >= 0.6 is 22.7 Å². The molecule has 1 saturated heterocycles. The van der Waals surface area contributed by atoms with Crippen molar-refractivity contribution in [1.82, 2.24) is 14.9 Å². The number of rotatable bonds is 5. The number of likely N-dealkylation sites (tertiary alicyclic amines) is 1. The molecule has 0 saturated carbocycles. The van der Waals surface area contributed by atoms with E-state index < -0.39 is 0 Å². The number of anilines is 1. The van der Waals surface area contributed by atoms with Crippen LogP contribution in [-0.2, 0) is 13.0 Å². The minimum atomic E-state index is 0.969. The van der Waals surface area contributed by atoms with E-state index in [0.717, 1.165) is 23.8 Å². The van der Waals surface area contributed by atoms with E-state index in [4.69, 9.17) is 4.98 Å². The Morgan fingerprint density at radius 1 is 1.30 bits per heavy atom. The molecule has 20 heavy (non-hydrogen) atoms. The minimum Gasteiger partial charge on any atom is -0.365 e. The van der Waals surface area contributed by atoms with Gasteiger partial charge in [-0.15, -0.1) is 22.7 Å². The van der Waals surface area contributed by atoms with E-state index in [9.17, 15) is 0 Å². The van der Waals surface area contributed by atoms with Crippen LogP contribution in [0.5, 0.6) is 0 Å². The van der Waals surface area contributed by atoms with Gasteiger partial charge in [0, 0.05) is 12.4 Å². The minimum absolute atomic E-state index is 0.969. The maximum absolute atomic E-state index is 4.82. The zero-order valence-corrected chi connectivity index (χ0v) is 13.6. The standard InChI is InChI=1S/C14H20N4S2/c1-3-10-13(11-9-19-14(15-2)17-11)20-12(16-10)8-18-6-4-5-7-18/h9H,3-8H2,1-2H3,(H,15,17). The van der Waals surface area contributed by atoms with E-state index in [0.29, 0.717) is 0 Å². The summed E-state index contributed by atoms with van der Waals surface area (Å²) in [5.74, 6) is 0. The second-order valence-electron chi connectivity index (χ2n) is 5.01. The van der Waals surface area contributed by atoms with Crippen molar-refractivity contribution in [3.63, 3.8) is 0 Å². The molecule has 0 unspecified atom stereocenters. The molecule has 1 N–H and O–H groups in total. The number of hydrogen-bond acceptors (Lipinski definition) is 6. The van der Waals surface area contributed by atoms with Crippen LogP contribution in [0, 0.1) is 0 Å². The molecular formula is C14H20N4S2. The van der Waals surface area contributed by atoms with Gasteiger partial charge in [0.05, 0.1) is 22.8 Å². The smallest absolute Gasteiger partial charge is 0.182 e. The van der Waals surface area contributed by atoms with Gasteiger partial charge in [-0.1, -0.05) is 6.92 Å². The fourth-order valence-corrected chi connectivity index (χ4v) is 4.43. The number of thiazole rings is 2. The summed E-state index contributed by atoms with van der Waals surface area (Å²) in [7, 11) is 1.91. The summed E-state index contributed by atoms with van der Waals surface area (Å²) in [6.07, 6.45) is 3.63. The largest absolute Gasteiger partial charge is 0.365 e. The average molecular weight is 308 g/mol. The van der Waals surface area contributed by atoms with Gasteiger partial charge in [-0.25, -0.2) is 9.97 Å². The monoisotopic (exact) mass is 308 g/mol. The SMILES string of the molecule is CCc1nc(CN2CCCC2)sc1-c1csc(NC)n1. The van der Waals surface area contributed by atoms with E-state index in [1.54, 1.807) is 11.3 Å². The second kappa shape index (κ2) is 6.20. The number of nitrogens with one attached hydrogen (secondary N) is 1. The molecule has 2 aromatic rings. The van der Waals surface area contributed by atoms with E-state index >= 15 is 0 Å². The third kappa shape index (κ3) is 2.87. The van der Waals surface area contributed by atoms with Crippen LogP contribution in [-0.4, -0.2) is 35.0 Å². The quantitative estimate of drug-likeness (QED) is 0.918. The maximum Gasteiger partial charge on any atom is 0.182 e. The lowest BCUT2D eigenvalue weighted by molar-refractivity contribution is 0.330. The van der Waals surface area contributed by atoms with Crippen LogP contribution in [0.4, 0.5) is 5.13 Å². The molecule has 0 atom stereocenters. The Labute approximate surface area is 127 Å². The lowest BCUT2D eigenvalue weighted by Gasteiger charge is -2.11. The van der Waals surface area contributed by atoms with Crippen molar-refractivity contribution in [2.75, 3.05) is 25.5 Å². The number of hydrogen-bond donors (Lipinski definition) is 1. The molecule has 4 nitrogen and oxygen atoms in total. The van der Waals surface area contributed by atoms with Gasteiger partial charge in [0.25, 0.3) is 0 Å². The Balaban J connectivity index is 1.84. The van der Waals surface area contributed by atoms with Gasteiger partial charge in [-0.3, -0.25) is 4.90 Å². The van der Waals surface area contributed by atoms with Crippen molar-refractivity contribution >= 4 is 27.8 Å². The van der Waals surface area contributed by atoms with Gasteiger partial charge in [-0.2, -0.15) is 0 Å². The predicted octanol–water partition coefficient (Wildman–Crippen LogP) is 3.47. The molecule has 0 aliphatic carbocycles. The molecule has 6 heteroatoms. The molecule has 3 rings (SSSR count). The van der Waals surface area contributed by atoms with E-state index in [2.05, 4.69) is 27.5 Å². The highest BCUT2D eigenvalue weighted by Crippen LogP contribution is 2.33. The first-order valence-corrected chi connectivity index (χ1v) is 8.84. The number of aryl methyl sites for hydroxylation is 1. The first kappa shape index (κ1) is 14.0. The fourth-order valence-electron chi connectivity index (χ4n) is 2.53. The van der Waals surface area contributed by atoms with Gasteiger partial charge >= 0.3 is 0 Å². The molecule has 1 aliphatic heterocycles. The topological polar surface area (TPSA) is 41.1 Å². The van der Waals surface area contributed by atoms with Crippen LogP contribution in [0.2, 0.25) is 0 Å². The normalized spacial score (nSPS) is 15.9. The summed E-state index contributed by atoms with van der Waals surface area (Å²) in [5, 5.41) is 7.43. The molecule has 3 heterocycles. The van der Waals surface area contributed by atoms with Crippen LogP contribution in [0.3, 0.4) is 0 Å². The first-order chi connectivity index (χ1) is 9.80. The molecule has 0 radical (unpaired) electrons. The Morgan fingerprint density at radius 2 is 2.10 bits per heavy atom. The summed E-state index contributed by atoms with van der Waals surface area (Å²) in [6.45, 7) is 5.61. The molecule has 108 valence electrons. The highest BCUT2D eigenvalue weighted by Gasteiger charge is 2.18. The lowest BCUT2D eigenvalue weighted by Crippen LogP contribution is -2.18. The van der Waals surface area contributed by atoms with Crippen molar-refractivity contribution in [2.45, 2.75) is 32.7 Å². The molecule has 0 bridgehead atoms. The first-order valence-electron chi connectivity index (χ1n) is 7.14. The van der Waals surface area contributed by atoms with Gasteiger partial charge in [0.15, 0.2) is 5.13 Å². The summed E-state index contributed by atoms with van der Waals surface area (Å²) in [6, 6.07) is 0. The highest BCUT2D eigenvalue weighted by molar-refractivity contribution is 7.16. The van der Waals surface area contributed by atoms with Gasteiger partial charge in [0.1, 0.15) is 5.01 Å². The van der Waals surface area contributed by atoms with Crippen LogP contribution in [0.1, 0.15) is 30.5 Å². The highest BCUT2D eigenvalue weighted by atomic mass is 32.1. The molecule has 1 fully saturated rings. The summed E-state index contributed by atoms with van der Waals surface area (Å²) < 4.78 is 0. The summed E-state index contributed by atoms with van der Waals surface area (Å²) in [4.78, 5) is 13.2. The average Bonchev–Trinajstić information content (AvgIpc) is 3.18. The van der Waals surface area contributed by atoms with Crippen molar-refractivity contribution in [1.29, 1.82) is 0 Å². The lowest BCUT2D eigenvalue weighted by atomic mass is 10.2. The van der Waals surface area contributed by atoms with Crippen molar-refractivity contribution < 1.29 is 0 Å². The Morgan fingerprint density at radius 3 is 2.75 bits per heavy atom. The summed E-state index contributed by atoms with van der Waals surface area (Å²) in [5.41, 5.74) is 2.26. The Bertz CT molecular complexity index is 569. The van der Waals surface area contributed by atoms with E-state index in [-0.39, 0.29) is 0 Å². The van der Waals surface area contributed by atoms with Crippen LogP contribution < -0.4 is 5.32 Å². The zero-order chi connectivity index (χ0) is 13.9. The number of aromatic nitrogens is 2. The maximum atomic E-state index is 4.82. The predicted molar refractivity (Wildman–Crippen MR) is 86.7 cm³/mol. The molecule has 1 aliphatic rings. The molecular weight excluding hydrogens is 288 g/mol. The van der Waals surface area contributed by atoms with Gasteiger partial charge in [0.2, 0.25) is 0 Å². The zero-order valence-electron chi connectivity index (χ0n) is 12.0. The molecule has 0 spiro atoms. The van der Waals surface area contributed by atoms with Crippen LogP contribution in [0.25, 0.3) is 10.6 Å². The Kier molecular flexibility index (Phi) is 4.33. The van der Waals surface area contributed by atoms with E-state index in [1.165, 1.54) is 41.5 Å². The molecule has 0 amide bonds. The van der Waals surface area contributed by atoms with Crippen LogP contribution in [0.15, 0.2) is 5.38 Å². The van der Waals surface area contributed by atoms with Gasteiger partial charge in [-0.05, 0) is 32.4 Å². The van der Waals surface area contributed by atoms with Crippen molar-refractivity contribution in [3.05, 3.63) is 16.1 Å². The Hall–Kier alpha value is -0.980. The third-order valence-electron chi connectivity index (χ3n) is 3.58. The second-order valence-corrected chi connectivity index (χ2v) is 6.95.